The van der Waals surface area contributed by atoms with Crippen LogP contribution in [-0.2, 0) is 35.8 Å². The highest BCUT2D eigenvalue weighted by Crippen LogP contribution is 2.38. The third-order valence-corrected chi connectivity index (χ3v) is 8.21. The summed E-state index contributed by atoms with van der Waals surface area (Å²) in [6.07, 6.45) is 6.91. The van der Waals surface area contributed by atoms with Gasteiger partial charge in [-0.25, -0.2) is 9.78 Å². The summed E-state index contributed by atoms with van der Waals surface area (Å²) in [7, 11) is 1.93. The Hall–Kier alpha value is -2.95. The van der Waals surface area contributed by atoms with E-state index in [1.807, 2.05) is 43.8 Å². The van der Waals surface area contributed by atoms with Crippen LogP contribution in [0.4, 0.5) is 4.79 Å². The van der Waals surface area contributed by atoms with Crippen LogP contribution in [0.2, 0.25) is 5.02 Å². The normalized spacial score (nSPS) is 19.1. The fourth-order valence-corrected chi connectivity index (χ4v) is 6.16. The second-order valence-corrected chi connectivity index (χ2v) is 12.0. The minimum atomic E-state index is -0.718. The molecule has 212 valence electrons. The number of pyridine rings is 1. The zero-order chi connectivity index (χ0) is 28.4. The van der Waals surface area contributed by atoms with Crippen molar-refractivity contribution in [2.24, 2.45) is 7.05 Å². The zero-order valence-corrected chi connectivity index (χ0v) is 25.3. The maximum atomic E-state index is 13.6. The lowest BCUT2D eigenvalue weighted by Gasteiger charge is -2.43. The number of benzene rings is 1. The number of carbonyl (C=O) groups is 2. The van der Waals surface area contributed by atoms with E-state index in [2.05, 4.69) is 43.3 Å². The first kappa shape index (κ1) is 28.6. The number of nitrogens with zero attached hydrogens (tertiary/aromatic N) is 5. The van der Waals surface area contributed by atoms with E-state index in [9.17, 15) is 9.59 Å². The molecule has 1 saturated heterocycles. The molecular formula is C29H34BrClN6O3. The van der Waals surface area contributed by atoms with E-state index in [-0.39, 0.29) is 18.1 Å². The molecule has 1 aliphatic heterocycles. The van der Waals surface area contributed by atoms with E-state index in [1.54, 1.807) is 17.4 Å². The molecule has 2 aliphatic rings. The average molecular weight is 630 g/mol. The fourth-order valence-electron chi connectivity index (χ4n) is 5.59. The van der Waals surface area contributed by atoms with Crippen LogP contribution in [0.1, 0.15) is 48.0 Å². The number of ether oxygens (including phenoxy) is 1. The first-order chi connectivity index (χ1) is 19.2. The number of nitrogens with one attached hydrogen (secondary N) is 1. The third-order valence-electron chi connectivity index (χ3n) is 7.54. The quantitative estimate of drug-likeness (QED) is 0.437. The monoisotopic (exact) mass is 628 g/mol. The minimum Gasteiger partial charge on any atom is -0.447 e. The van der Waals surface area contributed by atoms with Crippen LogP contribution in [-0.4, -0.2) is 74.7 Å². The number of hydrogen-bond donors (Lipinski definition) is 1. The van der Waals surface area contributed by atoms with Crippen molar-refractivity contribution in [1.29, 1.82) is 0 Å². The number of amides is 2. The number of imidazole rings is 1. The Labute approximate surface area is 248 Å². The van der Waals surface area contributed by atoms with Crippen LogP contribution in [0, 0.1) is 0 Å². The van der Waals surface area contributed by atoms with Gasteiger partial charge in [0.2, 0.25) is 5.91 Å². The molecule has 2 amide bonds. The number of rotatable bonds is 6. The van der Waals surface area contributed by atoms with Crippen molar-refractivity contribution >= 4 is 39.5 Å². The van der Waals surface area contributed by atoms with Gasteiger partial charge < -0.3 is 14.6 Å². The van der Waals surface area contributed by atoms with Gasteiger partial charge in [-0.15, -0.1) is 0 Å². The van der Waals surface area contributed by atoms with E-state index in [1.165, 1.54) is 5.56 Å². The number of aryl methyl sites for hydroxylation is 3. The molecule has 9 nitrogen and oxygen atoms in total. The third kappa shape index (κ3) is 6.19. The fraction of sp³-hybridized carbons (Fsp3) is 0.448. The summed E-state index contributed by atoms with van der Waals surface area (Å²) in [4.78, 5) is 39.6. The number of halogens is 2. The van der Waals surface area contributed by atoms with Crippen molar-refractivity contribution in [3.8, 4) is 0 Å². The molecule has 1 N–H and O–H groups in total. The van der Waals surface area contributed by atoms with Crippen molar-refractivity contribution in [2.45, 2.75) is 51.3 Å². The molecule has 1 unspecified atom stereocenters. The molecule has 0 saturated carbocycles. The Morgan fingerprint density at radius 2 is 1.98 bits per heavy atom. The average Bonchev–Trinajstić information content (AvgIpc) is 3.25. The maximum Gasteiger partial charge on any atom is 0.410 e. The standard InChI is InChI=1S/C29H34BrClN6O3/c1-18(2)40-29(39)37-11-10-36(16-25(37)28(38)33-9-8-23-15-32-17-35(23)3)27-24-7-6-22(31)13-19(24)4-5-20-12-21(30)14-34-26(20)27/h6-7,12-15,17-18,25,27H,4-5,8-11,16H2,1-3H3,(H,33,38)/t25-,27?/m1/s1. The summed E-state index contributed by atoms with van der Waals surface area (Å²) in [6.45, 7) is 5.32. The Balaban J connectivity index is 1.44. The van der Waals surface area contributed by atoms with E-state index in [0.29, 0.717) is 37.6 Å². The smallest absolute Gasteiger partial charge is 0.410 e. The largest absolute Gasteiger partial charge is 0.447 e. The van der Waals surface area contributed by atoms with Crippen LogP contribution >= 0.6 is 27.5 Å². The number of fused-ring (bicyclic) bond motifs is 2. The van der Waals surface area contributed by atoms with Gasteiger partial charge in [-0.1, -0.05) is 17.7 Å². The van der Waals surface area contributed by atoms with Crippen LogP contribution in [0.25, 0.3) is 0 Å². The molecule has 1 aromatic carbocycles. The first-order valence-corrected chi connectivity index (χ1v) is 14.7. The van der Waals surface area contributed by atoms with Gasteiger partial charge in [-0.2, -0.15) is 0 Å². The van der Waals surface area contributed by atoms with Crippen molar-refractivity contribution in [3.05, 3.63) is 80.6 Å². The molecule has 5 rings (SSSR count). The predicted molar refractivity (Wildman–Crippen MR) is 156 cm³/mol. The van der Waals surface area contributed by atoms with Crippen molar-refractivity contribution in [3.63, 3.8) is 0 Å². The molecule has 0 radical (unpaired) electrons. The van der Waals surface area contributed by atoms with E-state index >= 15 is 0 Å². The van der Waals surface area contributed by atoms with Gasteiger partial charge in [0, 0.05) is 67.2 Å². The minimum absolute atomic E-state index is 0.175. The Kier molecular flexibility index (Phi) is 8.77. The number of carbonyl (C=O) groups excluding carboxylic acids is 2. The molecule has 2 atom stereocenters. The Morgan fingerprint density at radius 3 is 2.73 bits per heavy atom. The molecule has 3 aromatic rings. The van der Waals surface area contributed by atoms with Crippen molar-refractivity contribution in [1.82, 2.24) is 29.7 Å². The van der Waals surface area contributed by atoms with Gasteiger partial charge in [-0.05, 0) is 77.5 Å². The zero-order valence-electron chi connectivity index (χ0n) is 22.9. The van der Waals surface area contributed by atoms with Gasteiger partial charge in [0.25, 0.3) is 0 Å². The summed E-state index contributed by atoms with van der Waals surface area (Å²) >= 11 is 9.98. The van der Waals surface area contributed by atoms with Crippen LogP contribution in [0.15, 0.2) is 47.5 Å². The Bertz CT molecular complexity index is 1340. The second kappa shape index (κ2) is 12.3. The topological polar surface area (TPSA) is 92.6 Å². The lowest BCUT2D eigenvalue weighted by atomic mass is 9.95. The van der Waals surface area contributed by atoms with Gasteiger partial charge in [-0.3, -0.25) is 19.6 Å². The summed E-state index contributed by atoms with van der Waals surface area (Å²) in [5.74, 6) is -0.207. The summed E-state index contributed by atoms with van der Waals surface area (Å²) in [6, 6.07) is 7.25. The molecule has 3 heterocycles. The summed E-state index contributed by atoms with van der Waals surface area (Å²) in [5, 5.41) is 3.75. The number of piperazine rings is 1. The molecule has 1 aliphatic carbocycles. The van der Waals surface area contributed by atoms with Crippen molar-refractivity contribution < 1.29 is 14.3 Å². The van der Waals surface area contributed by atoms with Crippen LogP contribution in [0.3, 0.4) is 0 Å². The summed E-state index contributed by atoms with van der Waals surface area (Å²) in [5.41, 5.74) is 5.45. The van der Waals surface area contributed by atoms with E-state index < -0.39 is 12.1 Å². The molecule has 40 heavy (non-hydrogen) atoms. The number of aromatic nitrogens is 3. The lowest BCUT2D eigenvalue weighted by molar-refractivity contribution is -0.128. The van der Waals surface area contributed by atoms with Gasteiger partial charge in [0.1, 0.15) is 6.04 Å². The van der Waals surface area contributed by atoms with Crippen LogP contribution in [0.5, 0.6) is 0 Å². The number of hydrogen-bond acceptors (Lipinski definition) is 6. The van der Waals surface area contributed by atoms with Gasteiger partial charge >= 0.3 is 6.09 Å². The molecule has 0 bridgehead atoms. The molecule has 0 spiro atoms. The van der Waals surface area contributed by atoms with Gasteiger partial charge in [0.15, 0.2) is 0 Å². The van der Waals surface area contributed by atoms with E-state index in [0.717, 1.165) is 39.8 Å². The predicted octanol–water partition coefficient (Wildman–Crippen LogP) is 4.31. The molecule has 2 aromatic heterocycles. The SMILES string of the molecule is CC(C)OC(=O)N1CCN(C2c3ccc(Cl)cc3CCc3cc(Br)cnc32)C[C@@H]1C(=O)NCCc1cncn1C. The highest BCUT2D eigenvalue weighted by Gasteiger charge is 2.41. The summed E-state index contributed by atoms with van der Waals surface area (Å²) < 4.78 is 8.39. The molecule has 11 heteroatoms. The molecule has 1 fully saturated rings. The molecular weight excluding hydrogens is 596 g/mol. The maximum absolute atomic E-state index is 13.6. The first-order valence-electron chi connectivity index (χ1n) is 13.6. The highest BCUT2D eigenvalue weighted by molar-refractivity contribution is 9.10. The Morgan fingerprint density at radius 1 is 1.18 bits per heavy atom. The highest BCUT2D eigenvalue weighted by atomic mass is 79.9. The van der Waals surface area contributed by atoms with Gasteiger partial charge in [0.05, 0.1) is 24.2 Å². The van der Waals surface area contributed by atoms with E-state index in [4.69, 9.17) is 21.3 Å². The van der Waals surface area contributed by atoms with Crippen LogP contribution < -0.4 is 5.32 Å². The lowest BCUT2D eigenvalue weighted by Crippen LogP contribution is -2.61. The van der Waals surface area contributed by atoms with Crippen molar-refractivity contribution in [2.75, 3.05) is 26.2 Å². The second-order valence-electron chi connectivity index (χ2n) is 10.6.